The van der Waals surface area contributed by atoms with Gasteiger partial charge in [-0.25, -0.2) is 8.78 Å². The third kappa shape index (κ3) is 4.08. The minimum atomic E-state index is -0.776. The van der Waals surface area contributed by atoms with Gasteiger partial charge < -0.3 is 15.4 Å². The van der Waals surface area contributed by atoms with Crippen molar-refractivity contribution in [1.82, 2.24) is 10.6 Å². The van der Waals surface area contributed by atoms with Gasteiger partial charge in [-0.2, -0.15) is 0 Å². The summed E-state index contributed by atoms with van der Waals surface area (Å²) in [6, 6.07) is 9.63. The topological polar surface area (TPSA) is 50.4 Å². The van der Waals surface area contributed by atoms with E-state index in [0.29, 0.717) is 11.3 Å². The van der Waals surface area contributed by atoms with Gasteiger partial charge >= 0.3 is 0 Å². The van der Waals surface area contributed by atoms with Gasteiger partial charge in [-0.3, -0.25) is 4.79 Å². The molecule has 0 bridgehead atoms. The first-order valence-corrected chi connectivity index (χ1v) is 7.86. The first kappa shape index (κ1) is 16.4. The van der Waals surface area contributed by atoms with Crippen molar-refractivity contribution >= 4 is 5.91 Å². The molecule has 0 aromatic heterocycles. The van der Waals surface area contributed by atoms with Crippen LogP contribution in [0.25, 0.3) is 0 Å². The van der Waals surface area contributed by atoms with Crippen molar-refractivity contribution in [2.45, 2.75) is 18.9 Å². The Hall–Kier alpha value is -2.47. The van der Waals surface area contributed by atoms with Crippen LogP contribution in [0.2, 0.25) is 0 Å². The van der Waals surface area contributed by atoms with E-state index >= 15 is 0 Å². The van der Waals surface area contributed by atoms with Gasteiger partial charge in [0.05, 0.1) is 0 Å². The molecule has 1 atom stereocenters. The number of piperidine rings is 1. The molecule has 3 rings (SSSR count). The van der Waals surface area contributed by atoms with E-state index in [9.17, 15) is 13.6 Å². The molecule has 1 fully saturated rings. The number of ether oxygens (including phenoxy) is 1. The molecule has 0 spiro atoms. The number of hydrogen-bond donors (Lipinski definition) is 2. The molecule has 2 aromatic carbocycles. The lowest BCUT2D eigenvalue weighted by atomic mass is 10.1. The minimum Gasteiger partial charge on any atom is -0.454 e. The fourth-order valence-electron chi connectivity index (χ4n) is 2.60. The second-order valence-corrected chi connectivity index (χ2v) is 5.72. The third-order valence-corrected chi connectivity index (χ3v) is 3.87. The predicted molar refractivity (Wildman–Crippen MR) is 86.2 cm³/mol. The van der Waals surface area contributed by atoms with Crippen LogP contribution in [-0.4, -0.2) is 25.0 Å². The van der Waals surface area contributed by atoms with Crippen LogP contribution < -0.4 is 15.4 Å². The zero-order valence-corrected chi connectivity index (χ0v) is 13.0. The number of rotatable bonds is 4. The van der Waals surface area contributed by atoms with E-state index in [2.05, 4.69) is 10.6 Å². The van der Waals surface area contributed by atoms with E-state index in [4.69, 9.17) is 4.74 Å². The first-order valence-electron chi connectivity index (χ1n) is 7.86. The maximum atomic E-state index is 13.6. The first-order chi connectivity index (χ1) is 11.6. The molecule has 4 nitrogen and oxygen atoms in total. The summed E-state index contributed by atoms with van der Waals surface area (Å²) >= 11 is 0. The van der Waals surface area contributed by atoms with Crippen LogP contribution >= 0.6 is 0 Å². The lowest BCUT2D eigenvalue weighted by molar-refractivity contribution is 0.0930. The molecule has 0 aliphatic carbocycles. The Morgan fingerprint density at radius 1 is 1.17 bits per heavy atom. The summed E-state index contributed by atoms with van der Waals surface area (Å²) in [4.78, 5) is 12.2. The molecule has 2 N–H and O–H groups in total. The molecule has 0 unspecified atom stereocenters. The Labute approximate surface area is 138 Å². The van der Waals surface area contributed by atoms with E-state index in [-0.39, 0.29) is 17.7 Å². The van der Waals surface area contributed by atoms with Gasteiger partial charge in [0.25, 0.3) is 5.91 Å². The highest BCUT2D eigenvalue weighted by Gasteiger charge is 2.16. The fourth-order valence-corrected chi connectivity index (χ4v) is 2.60. The summed E-state index contributed by atoms with van der Waals surface area (Å²) in [6.07, 6.45) is 2.00. The largest absolute Gasteiger partial charge is 0.454 e. The molecule has 1 heterocycles. The average Bonchev–Trinajstić information content (AvgIpc) is 2.59. The molecule has 1 amide bonds. The van der Waals surface area contributed by atoms with Crippen molar-refractivity contribution < 1.29 is 18.3 Å². The zero-order valence-electron chi connectivity index (χ0n) is 13.0. The number of hydrogen-bond acceptors (Lipinski definition) is 3. The smallest absolute Gasteiger partial charge is 0.251 e. The van der Waals surface area contributed by atoms with Crippen molar-refractivity contribution in [2.24, 2.45) is 0 Å². The average molecular weight is 332 g/mol. The van der Waals surface area contributed by atoms with Gasteiger partial charge in [0, 0.05) is 24.2 Å². The van der Waals surface area contributed by atoms with E-state index < -0.39 is 11.6 Å². The Morgan fingerprint density at radius 3 is 2.62 bits per heavy atom. The Bertz CT molecular complexity index is 713. The minimum absolute atomic E-state index is 0.0677. The SMILES string of the molecule is O=C(N[C@H]1CCCNC1)c1ccc(Oc2ccc(F)cc2F)cc1. The Kier molecular flexibility index (Phi) is 5.05. The molecule has 0 saturated carbocycles. The summed E-state index contributed by atoms with van der Waals surface area (Å²) in [5.74, 6) is -1.29. The highest BCUT2D eigenvalue weighted by atomic mass is 19.1. The quantitative estimate of drug-likeness (QED) is 0.904. The molecule has 2 aromatic rings. The Morgan fingerprint density at radius 2 is 1.96 bits per heavy atom. The molecule has 24 heavy (non-hydrogen) atoms. The van der Waals surface area contributed by atoms with Gasteiger partial charge in [-0.15, -0.1) is 0 Å². The maximum absolute atomic E-state index is 13.6. The lowest BCUT2D eigenvalue weighted by Crippen LogP contribution is -2.45. The van der Waals surface area contributed by atoms with E-state index in [1.807, 2.05) is 0 Å². The molecular formula is C18H18F2N2O2. The summed E-state index contributed by atoms with van der Waals surface area (Å²) in [5.41, 5.74) is 0.507. The van der Waals surface area contributed by atoms with E-state index in [1.165, 1.54) is 6.07 Å². The number of nitrogens with one attached hydrogen (secondary N) is 2. The van der Waals surface area contributed by atoms with E-state index in [0.717, 1.165) is 38.1 Å². The molecule has 1 aliphatic heterocycles. The normalized spacial score (nSPS) is 17.3. The van der Waals surface area contributed by atoms with Crippen LogP contribution in [0.5, 0.6) is 11.5 Å². The van der Waals surface area contributed by atoms with Gasteiger partial charge in [0.1, 0.15) is 11.6 Å². The summed E-state index contributed by atoms with van der Waals surface area (Å²) in [7, 11) is 0. The standard InChI is InChI=1S/C18H18F2N2O2/c19-13-5-8-17(16(20)10-13)24-15-6-3-12(4-7-15)18(23)22-14-2-1-9-21-11-14/h3-8,10,14,21H,1-2,9,11H2,(H,22,23)/t14-/m0/s1. The summed E-state index contributed by atoms with van der Waals surface area (Å²) in [5, 5.41) is 6.22. The van der Waals surface area contributed by atoms with Crippen LogP contribution in [0, 0.1) is 11.6 Å². The summed E-state index contributed by atoms with van der Waals surface area (Å²) in [6.45, 7) is 1.76. The van der Waals surface area contributed by atoms with Crippen molar-refractivity contribution in [3.8, 4) is 11.5 Å². The van der Waals surface area contributed by atoms with Crippen molar-refractivity contribution in [3.63, 3.8) is 0 Å². The van der Waals surface area contributed by atoms with Crippen LogP contribution in [0.15, 0.2) is 42.5 Å². The fraction of sp³-hybridized carbons (Fsp3) is 0.278. The second kappa shape index (κ2) is 7.40. The molecule has 126 valence electrons. The summed E-state index contributed by atoms with van der Waals surface area (Å²) < 4.78 is 31.8. The van der Waals surface area contributed by atoms with Crippen LogP contribution in [0.3, 0.4) is 0 Å². The molecule has 1 saturated heterocycles. The monoisotopic (exact) mass is 332 g/mol. The van der Waals surface area contributed by atoms with Crippen molar-refractivity contribution in [1.29, 1.82) is 0 Å². The zero-order chi connectivity index (χ0) is 16.9. The highest BCUT2D eigenvalue weighted by Crippen LogP contribution is 2.25. The second-order valence-electron chi connectivity index (χ2n) is 5.72. The van der Waals surface area contributed by atoms with Crippen molar-refractivity contribution in [3.05, 3.63) is 59.7 Å². The molecular weight excluding hydrogens is 314 g/mol. The predicted octanol–water partition coefficient (Wildman–Crippen LogP) is 3.24. The number of benzene rings is 2. The Balaban J connectivity index is 1.63. The molecule has 1 aliphatic rings. The number of carbonyl (C=O) groups excluding carboxylic acids is 1. The number of amides is 1. The van der Waals surface area contributed by atoms with Gasteiger partial charge in [0.2, 0.25) is 0 Å². The van der Waals surface area contributed by atoms with Crippen LogP contribution in [0.4, 0.5) is 8.78 Å². The van der Waals surface area contributed by atoms with Crippen molar-refractivity contribution in [2.75, 3.05) is 13.1 Å². The number of halogens is 2. The van der Waals surface area contributed by atoms with Crippen LogP contribution in [0.1, 0.15) is 23.2 Å². The maximum Gasteiger partial charge on any atom is 0.251 e. The third-order valence-electron chi connectivity index (χ3n) is 3.87. The molecule has 6 heteroatoms. The van der Waals surface area contributed by atoms with Crippen LogP contribution in [-0.2, 0) is 0 Å². The van der Waals surface area contributed by atoms with Gasteiger partial charge in [-0.1, -0.05) is 0 Å². The lowest BCUT2D eigenvalue weighted by Gasteiger charge is -2.23. The van der Waals surface area contributed by atoms with Gasteiger partial charge in [0.15, 0.2) is 11.6 Å². The number of carbonyl (C=O) groups is 1. The van der Waals surface area contributed by atoms with E-state index in [1.54, 1.807) is 24.3 Å². The molecule has 0 radical (unpaired) electrons. The van der Waals surface area contributed by atoms with Gasteiger partial charge in [-0.05, 0) is 55.8 Å². The highest BCUT2D eigenvalue weighted by molar-refractivity contribution is 5.94.